The number of rotatable bonds is 2. The van der Waals surface area contributed by atoms with Crippen molar-refractivity contribution >= 4 is 67.8 Å². The molecule has 0 saturated carbocycles. The molecule has 0 aromatic heterocycles. The van der Waals surface area contributed by atoms with E-state index in [1.54, 1.807) is 22.6 Å². The first kappa shape index (κ1) is 10.1. The van der Waals surface area contributed by atoms with Gasteiger partial charge in [0.05, 0.1) is 1.59 Å². The Morgan fingerprint density at radius 1 is 1.44 bits per heavy atom. The number of nitrogens with zero attached hydrogens (tertiary/aromatic N) is 1. The summed E-state index contributed by atoms with van der Waals surface area (Å²) in [6.45, 7) is 0. The van der Waals surface area contributed by atoms with E-state index in [-0.39, 0.29) is 0 Å². The first-order valence-electron chi connectivity index (χ1n) is 1.57. The highest BCUT2D eigenvalue weighted by Crippen LogP contribution is 2.25. The van der Waals surface area contributed by atoms with Crippen molar-refractivity contribution in [2.24, 2.45) is 0 Å². The zero-order chi connectivity index (χ0) is 7.44. The predicted octanol–water partition coefficient (Wildman–Crippen LogP) is 2.63. The van der Waals surface area contributed by atoms with Gasteiger partial charge in [-0.05, 0) is 67.8 Å². The van der Waals surface area contributed by atoms with Gasteiger partial charge >= 0.3 is 0 Å². The second kappa shape index (κ2) is 4.87. The van der Waals surface area contributed by atoms with Gasteiger partial charge in [-0.2, -0.15) is 0 Å². The third kappa shape index (κ3) is 5.57. The topological polar surface area (TPSA) is 52.4 Å². The van der Waals surface area contributed by atoms with Gasteiger partial charge < -0.3 is 0 Å². The Kier molecular flexibility index (Phi) is 5.48. The van der Waals surface area contributed by atoms with Crippen LogP contribution in [-0.2, 0) is 4.84 Å². The summed E-state index contributed by atoms with van der Waals surface area (Å²) in [5.41, 5.74) is 0. The molecule has 0 bridgehead atoms. The van der Waals surface area contributed by atoms with Crippen LogP contribution in [0.15, 0.2) is 5.35 Å². The molecule has 0 rings (SSSR count). The number of halogens is 3. The van der Waals surface area contributed by atoms with E-state index in [9.17, 15) is 10.1 Å². The summed E-state index contributed by atoms with van der Waals surface area (Å²) in [5, 5.41) is 8.82. The van der Waals surface area contributed by atoms with E-state index in [1.807, 2.05) is 45.2 Å². The van der Waals surface area contributed by atoms with Crippen LogP contribution >= 0.6 is 67.8 Å². The highest BCUT2D eigenvalue weighted by molar-refractivity contribution is 14.2. The highest BCUT2D eigenvalue weighted by Gasteiger charge is 2.01. The molecule has 0 aromatic rings. The Morgan fingerprint density at radius 2 is 1.89 bits per heavy atom. The monoisotopic (exact) mass is 467 g/mol. The van der Waals surface area contributed by atoms with Crippen LogP contribution in [0.1, 0.15) is 0 Å². The zero-order valence-electron chi connectivity index (χ0n) is 3.81. The average Bonchev–Trinajstić information content (AvgIpc) is 1.63. The van der Waals surface area contributed by atoms with E-state index < -0.39 is 5.09 Å². The molecule has 0 heterocycles. The number of hydrogen-bond donors (Lipinski definition) is 0. The molecule has 52 valence electrons. The Morgan fingerprint density at radius 3 is 2.00 bits per heavy atom. The van der Waals surface area contributed by atoms with Crippen molar-refractivity contribution < 1.29 is 9.92 Å². The summed E-state index contributed by atoms with van der Waals surface area (Å²) in [4.78, 5) is 13.7. The van der Waals surface area contributed by atoms with E-state index in [4.69, 9.17) is 0 Å². The SMILES string of the molecule is O=[N+]([O-])OC(I)=C(I)I. The molecule has 0 aliphatic carbocycles. The van der Waals surface area contributed by atoms with Crippen LogP contribution in [0.3, 0.4) is 0 Å². The molecule has 0 aliphatic rings. The first-order valence-corrected chi connectivity index (χ1v) is 4.81. The molecular weight excluding hydrogens is 467 g/mol. The molecule has 0 N–H and O–H groups in total. The molecular formula is C2I3NO3. The lowest BCUT2D eigenvalue weighted by molar-refractivity contribution is -0.738. The minimum atomic E-state index is -0.834. The van der Waals surface area contributed by atoms with Gasteiger partial charge in [0.15, 0.2) is 3.77 Å². The second-order valence-electron chi connectivity index (χ2n) is 0.849. The minimum Gasteiger partial charge on any atom is -0.268 e. The zero-order valence-corrected chi connectivity index (χ0v) is 10.3. The second-order valence-corrected chi connectivity index (χ2v) is 6.05. The highest BCUT2D eigenvalue weighted by atomic mass is 127. The quantitative estimate of drug-likeness (QED) is 0.272. The molecule has 4 nitrogen and oxygen atoms in total. The summed E-state index contributed by atoms with van der Waals surface area (Å²) in [6, 6.07) is 0. The van der Waals surface area contributed by atoms with Crippen LogP contribution in [0.25, 0.3) is 0 Å². The third-order valence-electron chi connectivity index (χ3n) is 0.303. The summed E-state index contributed by atoms with van der Waals surface area (Å²) in [5.74, 6) is 0. The van der Waals surface area contributed by atoms with Gasteiger partial charge in [-0.3, -0.25) is 4.84 Å². The van der Waals surface area contributed by atoms with Gasteiger partial charge in [-0.15, -0.1) is 10.1 Å². The Labute approximate surface area is 91.9 Å². The van der Waals surface area contributed by atoms with E-state index in [1.165, 1.54) is 0 Å². The van der Waals surface area contributed by atoms with Crippen LogP contribution in [0.4, 0.5) is 0 Å². The van der Waals surface area contributed by atoms with Crippen molar-refractivity contribution in [2.45, 2.75) is 0 Å². The van der Waals surface area contributed by atoms with Gasteiger partial charge in [-0.25, -0.2) is 0 Å². The van der Waals surface area contributed by atoms with E-state index in [2.05, 4.69) is 4.84 Å². The normalized spacial score (nSPS) is 8.33. The molecule has 0 radical (unpaired) electrons. The van der Waals surface area contributed by atoms with E-state index in [0.717, 1.165) is 1.59 Å². The average molecular weight is 467 g/mol. The van der Waals surface area contributed by atoms with Crippen molar-refractivity contribution in [3.05, 3.63) is 15.5 Å². The van der Waals surface area contributed by atoms with Crippen LogP contribution < -0.4 is 0 Å². The minimum absolute atomic E-state index is 0.291. The maximum atomic E-state index is 9.65. The van der Waals surface area contributed by atoms with E-state index >= 15 is 0 Å². The summed E-state index contributed by atoms with van der Waals surface area (Å²) in [7, 11) is 0. The predicted molar refractivity (Wildman–Crippen MR) is 57.2 cm³/mol. The Bertz CT molecular complexity index is 151. The maximum absolute atomic E-state index is 9.65. The summed E-state index contributed by atoms with van der Waals surface area (Å²) >= 11 is 5.61. The van der Waals surface area contributed by atoms with Crippen LogP contribution in [0.5, 0.6) is 0 Å². The number of hydrogen-bond acceptors (Lipinski definition) is 3. The first-order chi connectivity index (χ1) is 4.04. The van der Waals surface area contributed by atoms with Crippen molar-refractivity contribution in [1.82, 2.24) is 0 Å². The largest absolute Gasteiger partial charge is 0.300 e. The molecule has 0 amide bonds. The maximum Gasteiger partial charge on any atom is 0.300 e. The van der Waals surface area contributed by atoms with Crippen LogP contribution in [0.2, 0.25) is 0 Å². The summed E-state index contributed by atoms with van der Waals surface area (Å²) < 4.78 is 1.03. The van der Waals surface area contributed by atoms with Crippen LogP contribution in [-0.4, -0.2) is 5.09 Å². The molecule has 0 fully saturated rings. The molecule has 0 atom stereocenters. The Balaban J connectivity index is 3.92. The van der Waals surface area contributed by atoms with E-state index in [0.29, 0.717) is 3.77 Å². The fourth-order valence-electron chi connectivity index (χ4n) is 0.0999. The Hall–Kier alpha value is 1.13. The molecule has 0 aliphatic heterocycles. The van der Waals surface area contributed by atoms with Gasteiger partial charge in [-0.1, -0.05) is 0 Å². The van der Waals surface area contributed by atoms with Crippen molar-refractivity contribution in [3.8, 4) is 0 Å². The van der Waals surface area contributed by atoms with Crippen LogP contribution in [0, 0.1) is 10.1 Å². The fraction of sp³-hybridized carbons (Fsp3) is 0. The van der Waals surface area contributed by atoms with Gasteiger partial charge in [0.25, 0.3) is 5.09 Å². The third-order valence-corrected chi connectivity index (χ3v) is 4.08. The summed E-state index contributed by atoms with van der Waals surface area (Å²) in [6.07, 6.45) is 0. The lowest BCUT2D eigenvalue weighted by atomic mass is 11.2. The lowest BCUT2D eigenvalue weighted by Gasteiger charge is -1.92. The molecule has 0 aromatic carbocycles. The molecule has 7 heteroatoms. The lowest BCUT2D eigenvalue weighted by Crippen LogP contribution is -1.95. The van der Waals surface area contributed by atoms with Gasteiger partial charge in [0.1, 0.15) is 0 Å². The van der Waals surface area contributed by atoms with Crippen molar-refractivity contribution in [3.63, 3.8) is 0 Å². The molecule has 0 spiro atoms. The standard InChI is InChI=1S/C2I3NO3/c3-1(4)2(5)9-6(7)8. The fourth-order valence-corrected chi connectivity index (χ4v) is 0.458. The van der Waals surface area contributed by atoms with Gasteiger partial charge in [0.2, 0.25) is 0 Å². The van der Waals surface area contributed by atoms with Gasteiger partial charge in [0, 0.05) is 0 Å². The smallest absolute Gasteiger partial charge is 0.268 e. The molecule has 9 heavy (non-hydrogen) atoms. The van der Waals surface area contributed by atoms with Crippen molar-refractivity contribution in [1.29, 1.82) is 0 Å². The van der Waals surface area contributed by atoms with Crippen molar-refractivity contribution in [2.75, 3.05) is 0 Å². The molecule has 0 unspecified atom stereocenters. The molecule has 0 saturated heterocycles.